The van der Waals surface area contributed by atoms with Gasteiger partial charge in [-0.25, -0.2) is 0 Å². The average Bonchev–Trinajstić information content (AvgIpc) is 2.41. The van der Waals surface area contributed by atoms with E-state index in [0.717, 1.165) is 4.90 Å². The maximum absolute atomic E-state index is 11.9. The molecule has 0 aliphatic heterocycles. The molecule has 6 heteroatoms. The lowest BCUT2D eigenvalue weighted by Gasteiger charge is -2.16. The highest BCUT2D eigenvalue weighted by molar-refractivity contribution is 8.00. The molecule has 0 aliphatic rings. The van der Waals surface area contributed by atoms with Crippen molar-refractivity contribution in [3.05, 3.63) is 29.3 Å². The summed E-state index contributed by atoms with van der Waals surface area (Å²) in [5.41, 5.74) is 0. The highest BCUT2D eigenvalue weighted by Crippen LogP contribution is 2.25. The molecule has 0 aromatic heterocycles. The van der Waals surface area contributed by atoms with E-state index < -0.39 is 17.3 Å². The van der Waals surface area contributed by atoms with Gasteiger partial charge in [0.1, 0.15) is 5.25 Å². The number of esters is 1. The minimum absolute atomic E-state index is 0.287. The van der Waals surface area contributed by atoms with Crippen molar-refractivity contribution in [1.29, 1.82) is 0 Å². The highest BCUT2D eigenvalue weighted by atomic mass is 35.5. The molecule has 0 radical (unpaired) electrons. The first kappa shape index (κ1) is 16.9. The number of halogens is 1. The van der Waals surface area contributed by atoms with E-state index >= 15 is 0 Å². The monoisotopic (exact) mass is 315 g/mol. The number of amides is 1. The lowest BCUT2D eigenvalue weighted by atomic mass is 10.3. The Kier molecular flexibility index (Phi) is 6.88. The zero-order valence-corrected chi connectivity index (χ0v) is 13.3. The fraction of sp³-hybridized carbons (Fsp3) is 0.429. The lowest BCUT2D eigenvalue weighted by Crippen LogP contribution is -2.37. The molecule has 0 saturated heterocycles. The molecular formula is C14H18ClNO3S. The number of carbonyl (C=O) groups excluding carboxylic acids is 2. The third-order valence-corrected chi connectivity index (χ3v) is 3.81. The van der Waals surface area contributed by atoms with Crippen LogP contribution in [0.5, 0.6) is 0 Å². The van der Waals surface area contributed by atoms with Crippen LogP contribution in [0.4, 0.5) is 0 Å². The fourth-order valence-corrected chi connectivity index (χ4v) is 2.39. The largest absolute Gasteiger partial charge is 0.452 e. The van der Waals surface area contributed by atoms with Gasteiger partial charge < -0.3 is 10.1 Å². The molecule has 20 heavy (non-hydrogen) atoms. The number of likely N-dealkylation sites (N-methyl/N-ethyl adjacent to an activating group) is 1. The molecule has 1 N–H and O–H groups in total. The number of rotatable bonds is 6. The summed E-state index contributed by atoms with van der Waals surface area (Å²) in [5, 5.41) is 2.86. The van der Waals surface area contributed by atoms with Gasteiger partial charge in [0.2, 0.25) is 0 Å². The van der Waals surface area contributed by atoms with Gasteiger partial charge in [-0.1, -0.05) is 11.6 Å². The first-order chi connectivity index (χ1) is 9.43. The summed E-state index contributed by atoms with van der Waals surface area (Å²) in [7, 11) is 0. The second kappa shape index (κ2) is 8.17. The normalized spacial score (nSPS) is 13.4. The minimum Gasteiger partial charge on any atom is -0.452 e. The van der Waals surface area contributed by atoms with Crippen LogP contribution in [0.3, 0.4) is 0 Å². The van der Waals surface area contributed by atoms with Gasteiger partial charge in [-0.15, -0.1) is 11.8 Å². The van der Waals surface area contributed by atoms with Crippen LogP contribution in [0.1, 0.15) is 20.8 Å². The number of carbonyl (C=O) groups is 2. The number of nitrogens with one attached hydrogen (secondary N) is 1. The number of ether oxygens (including phenoxy) is 1. The van der Waals surface area contributed by atoms with E-state index in [4.69, 9.17) is 16.3 Å². The smallest absolute Gasteiger partial charge is 0.319 e. The third-order valence-electron chi connectivity index (χ3n) is 2.47. The Hall–Kier alpha value is -1.20. The highest BCUT2D eigenvalue weighted by Gasteiger charge is 2.22. The van der Waals surface area contributed by atoms with E-state index in [1.165, 1.54) is 11.8 Å². The number of hydrogen-bond acceptors (Lipinski definition) is 4. The lowest BCUT2D eigenvalue weighted by molar-refractivity contribution is -0.153. The Morgan fingerprint density at radius 3 is 2.45 bits per heavy atom. The predicted octanol–water partition coefficient (Wildman–Crippen LogP) is 2.89. The molecule has 0 spiro atoms. The Bertz CT molecular complexity index is 464. The zero-order valence-electron chi connectivity index (χ0n) is 11.7. The SMILES string of the molecule is CCNC(=O)[C@@H](C)OC(=O)[C@@H](C)Sc1ccc(Cl)cc1. The molecule has 0 unspecified atom stereocenters. The number of benzene rings is 1. The van der Waals surface area contributed by atoms with E-state index in [0.29, 0.717) is 11.6 Å². The molecule has 110 valence electrons. The van der Waals surface area contributed by atoms with Gasteiger partial charge in [-0.2, -0.15) is 0 Å². The molecule has 1 amide bonds. The minimum atomic E-state index is -0.782. The Labute approximate surface area is 128 Å². The molecule has 2 atom stereocenters. The number of hydrogen-bond donors (Lipinski definition) is 1. The van der Waals surface area contributed by atoms with Crippen LogP contribution in [-0.2, 0) is 14.3 Å². The Balaban J connectivity index is 2.50. The van der Waals surface area contributed by atoms with E-state index in [1.807, 2.05) is 19.1 Å². The summed E-state index contributed by atoms with van der Waals surface area (Å²) < 4.78 is 5.12. The van der Waals surface area contributed by atoms with Gasteiger partial charge >= 0.3 is 5.97 Å². The molecule has 0 bridgehead atoms. The summed E-state index contributed by atoms with van der Waals surface area (Å²) in [6.45, 7) is 5.62. The second-order valence-corrected chi connectivity index (χ2v) is 6.04. The molecule has 0 aliphatic carbocycles. The quantitative estimate of drug-likeness (QED) is 0.648. The van der Waals surface area contributed by atoms with Crippen molar-refractivity contribution in [2.45, 2.75) is 37.0 Å². The molecule has 1 aromatic carbocycles. The van der Waals surface area contributed by atoms with Crippen molar-refractivity contribution in [2.24, 2.45) is 0 Å². The van der Waals surface area contributed by atoms with E-state index in [2.05, 4.69) is 5.32 Å². The van der Waals surface area contributed by atoms with Crippen molar-refractivity contribution in [1.82, 2.24) is 5.32 Å². The Morgan fingerprint density at radius 2 is 1.90 bits per heavy atom. The van der Waals surface area contributed by atoms with Gasteiger partial charge in [0, 0.05) is 16.5 Å². The van der Waals surface area contributed by atoms with Crippen LogP contribution in [0.2, 0.25) is 5.02 Å². The topological polar surface area (TPSA) is 55.4 Å². The van der Waals surface area contributed by atoms with Gasteiger partial charge in [0.25, 0.3) is 5.91 Å². The maximum Gasteiger partial charge on any atom is 0.319 e. The van der Waals surface area contributed by atoms with Crippen LogP contribution < -0.4 is 5.32 Å². The second-order valence-electron chi connectivity index (χ2n) is 4.19. The van der Waals surface area contributed by atoms with Crippen molar-refractivity contribution >= 4 is 35.2 Å². The van der Waals surface area contributed by atoms with Crippen molar-refractivity contribution < 1.29 is 14.3 Å². The van der Waals surface area contributed by atoms with Crippen LogP contribution in [0.25, 0.3) is 0 Å². The predicted molar refractivity (Wildman–Crippen MR) is 81.0 cm³/mol. The van der Waals surface area contributed by atoms with Crippen molar-refractivity contribution in [2.75, 3.05) is 6.54 Å². The van der Waals surface area contributed by atoms with Gasteiger partial charge in [0.15, 0.2) is 6.10 Å². The van der Waals surface area contributed by atoms with Crippen LogP contribution in [0, 0.1) is 0 Å². The molecule has 4 nitrogen and oxygen atoms in total. The fourth-order valence-electron chi connectivity index (χ4n) is 1.41. The summed E-state index contributed by atoms with van der Waals surface area (Å²) >= 11 is 7.16. The Morgan fingerprint density at radius 1 is 1.30 bits per heavy atom. The summed E-state index contributed by atoms with van der Waals surface area (Å²) in [6, 6.07) is 7.20. The first-order valence-corrected chi connectivity index (χ1v) is 7.60. The molecule has 0 fully saturated rings. The van der Waals surface area contributed by atoms with Crippen molar-refractivity contribution in [3.8, 4) is 0 Å². The van der Waals surface area contributed by atoms with E-state index in [-0.39, 0.29) is 5.91 Å². The molecule has 1 rings (SSSR count). The van der Waals surface area contributed by atoms with E-state index in [9.17, 15) is 9.59 Å². The third kappa shape index (κ3) is 5.43. The maximum atomic E-state index is 11.9. The molecule has 0 heterocycles. The van der Waals surface area contributed by atoms with Crippen molar-refractivity contribution in [3.63, 3.8) is 0 Å². The zero-order chi connectivity index (χ0) is 15.1. The van der Waals surface area contributed by atoms with Crippen LogP contribution in [0.15, 0.2) is 29.2 Å². The summed E-state index contributed by atoms with van der Waals surface area (Å²) in [6.07, 6.45) is -0.782. The first-order valence-electron chi connectivity index (χ1n) is 6.34. The van der Waals surface area contributed by atoms with Gasteiger partial charge in [0.05, 0.1) is 0 Å². The summed E-state index contributed by atoms with van der Waals surface area (Å²) in [5.74, 6) is -0.701. The summed E-state index contributed by atoms with van der Waals surface area (Å²) in [4.78, 5) is 24.3. The van der Waals surface area contributed by atoms with E-state index in [1.54, 1.807) is 26.0 Å². The standard InChI is InChI=1S/C14H18ClNO3S/c1-4-16-13(17)9(2)19-14(18)10(3)20-12-7-5-11(15)6-8-12/h5-10H,4H2,1-3H3,(H,16,17)/t9-,10-/m1/s1. The number of thioether (sulfide) groups is 1. The molecule has 0 saturated carbocycles. The molecular weight excluding hydrogens is 298 g/mol. The van der Waals surface area contributed by atoms with Crippen LogP contribution in [-0.4, -0.2) is 29.8 Å². The molecule has 1 aromatic rings. The van der Waals surface area contributed by atoms with Crippen LogP contribution >= 0.6 is 23.4 Å². The van der Waals surface area contributed by atoms with Gasteiger partial charge in [-0.05, 0) is 45.0 Å². The van der Waals surface area contributed by atoms with Gasteiger partial charge in [-0.3, -0.25) is 9.59 Å². The average molecular weight is 316 g/mol.